The molecule has 1 aliphatic heterocycles. The van der Waals surface area contributed by atoms with E-state index in [2.05, 4.69) is 38.2 Å². The summed E-state index contributed by atoms with van der Waals surface area (Å²) in [5.41, 5.74) is 2.62. The minimum Gasteiger partial charge on any atom is -0.372 e. The van der Waals surface area contributed by atoms with Gasteiger partial charge in [0.05, 0.1) is 0 Å². The Balaban J connectivity index is 1.60. The van der Waals surface area contributed by atoms with Crippen molar-refractivity contribution < 1.29 is 0 Å². The number of aromatic nitrogens is 3. The fourth-order valence-corrected chi connectivity index (χ4v) is 3.82. The highest BCUT2D eigenvalue weighted by Crippen LogP contribution is 2.23. The Hall–Kier alpha value is -3.33. The summed E-state index contributed by atoms with van der Waals surface area (Å²) in [5.74, 6) is 3.08. The Morgan fingerprint density at radius 2 is 1.90 bits per heavy atom. The van der Waals surface area contributed by atoms with Gasteiger partial charge >= 0.3 is 0 Å². The van der Waals surface area contributed by atoms with Crippen LogP contribution in [0.2, 0.25) is 0 Å². The molecule has 6 heteroatoms. The van der Waals surface area contributed by atoms with E-state index in [1.807, 2.05) is 19.1 Å². The molecule has 2 aromatic heterocycles. The molecule has 0 amide bonds. The lowest BCUT2D eigenvalue weighted by atomic mass is 10.1. The molecular weight excluding hydrogens is 362 g/mol. The average molecular weight is 387 g/mol. The maximum Gasteiger partial charge on any atom is 0.252 e. The third kappa shape index (κ3) is 4.09. The Labute approximate surface area is 170 Å². The van der Waals surface area contributed by atoms with Gasteiger partial charge in [-0.05, 0) is 56.5 Å². The molecule has 1 N–H and O–H groups in total. The molecule has 4 rings (SSSR count). The molecule has 1 unspecified atom stereocenters. The molecule has 0 saturated carbocycles. The van der Waals surface area contributed by atoms with Gasteiger partial charge < -0.3 is 10.2 Å². The van der Waals surface area contributed by atoms with Crippen molar-refractivity contribution in [2.45, 2.75) is 38.6 Å². The van der Waals surface area contributed by atoms with E-state index in [9.17, 15) is 4.79 Å². The van der Waals surface area contributed by atoms with Crippen molar-refractivity contribution in [1.29, 1.82) is 0 Å². The number of nitrogens with one attached hydrogen (secondary N) is 1. The standard InChI is InChI=1S/C23H25N5O/c1-3-7-17(2)28-21(29)13-8-18-16-24-23(26-22(18)28)25-19-9-11-20(12-10-19)27-14-5-4-6-15-27/h1,8-13,16-17H,4-7,14-15H2,2H3,(H,24,25,26). The normalized spacial score (nSPS) is 15.1. The summed E-state index contributed by atoms with van der Waals surface area (Å²) < 4.78 is 1.64. The zero-order valence-corrected chi connectivity index (χ0v) is 16.6. The van der Waals surface area contributed by atoms with Crippen molar-refractivity contribution in [3.63, 3.8) is 0 Å². The Morgan fingerprint density at radius 1 is 1.14 bits per heavy atom. The highest BCUT2D eigenvalue weighted by molar-refractivity contribution is 5.76. The molecule has 6 nitrogen and oxygen atoms in total. The second-order valence-corrected chi connectivity index (χ2v) is 7.49. The minimum absolute atomic E-state index is 0.115. The van der Waals surface area contributed by atoms with Gasteiger partial charge in [0.1, 0.15) is 5.65 Å². The van der Waals surface area contributed by atoms with E-state index in [-0.39, 0.29) is 11.6 Å². The van der Waals surface area contributed by atoms with Gasteiger partial charge in [-0.3, -0.25) is 9.36 Å². The van der Waals surface area contributed by atoms with E-state index in [1.165, 1.54) is 31.0 Å². The summed E-state index contributed by atoms with van der Waals surface area (Å²) in [6, 6.07) is 11.5. The van der Waals surface area contributed by atoms with Crippen LogP contribution in [0.5, 0.6) is 0 Å². The number of pyridine rings is 1. The Kier molecular flexibility index (Phi) is 5.48. The molecule has 29 heavy (non-hydrogen) atoms. The van der Waals surface area contributed by atoms with Crippen LogP contribution in [0.3, 0.4) is 0 Å². The first-order chi connectivity index (χ1) is 14.2. The number of nitrogens with zero attached hydrogens (tertiary/aromatic N) is 4. The lowest BCUT2D eigenvalue weighted by molar-refractivity contribution is 0.558. The molecule has 1 atom stereocenters. The maximum atomic E-state index is 12.4. The lowest BCUT2D eigenvalue weighted by Gasteiger charge is -2.28. The first-order valence-corrected chi connectivity index (χ1v) is 10.1. The molecule has 1 aliphatic rings. The van der Waals surface area contributed by atoms with E-state index in [4.69, 9.17) is 6.42 Å². The number of benzene rings is 1. The predicted molar refractivity (Wildman–Crippen MR) is 118 cm³/mol. The third-order valence-electron chi connectivity index (χ3n) is 5.37. The molecule has 0 spiro atoms. The van der Waals surface area contributed by atoms with Gasteiger partial charge in [-0.2, -0.15) is 4.98 Å². The number of rotatable bonds is 5. The van der Waals surface area contributed by atoms with Gasteiger partial charge in [0.15, 0.2) is 0 Å². The number of piperidine rings is 1. The van der Waals surface area contributed by atoms with Crippen LogP contribution in [0.25, 0.3) is 11.0 Å². The first-order valence-electron chi connectivity index (χ1n) is 10.1. The van der Waals surface area contributed by atoms with Crippen molar-refractivity contribution in [3.8, 4) is 12.3 Å². The molecular formula is C23H25N5O. The third-order valence-corrected chi connectivity index (χ3v) is 5.37. The molecule has 1 saturated heterocycles. The molecule has 1 fully saturated rings. The Bertz CT molecular complexity index is 1090. The summed E-state index contributed by atoms with van der Waals surface area (Å²) in [6.07, 6.45) is 11.5. The second-order valence-electron chi connectivity index (χ2n) is 7.49. The number of terminal acetylenes is 1. The van der Waals surface area contributed by atoms with Crippen LogP contribution in [0.15, 0.2) is 47.4 Å². The Morgan fingerprint density at radius 3 is 2.62 bits per heavy atom. The molecule has 1 aromatic carbocycles. The summed E-state index contributed by atoms with van der Waals surface area (Å²) in [4.78, 5) is 23.8. The lowest BCUT2D eigenvalue weighted by Crippen LogP contribution is -2.29. The molecule has 0 bridgehead atoms. The number of hydrogen-bond acceptors (Lipinski definition) is 5. The average Bonchev–Trinajstić information content (AvgIpc) is 2.75. The van der Waals surface area contributed by atoms with Crippen LogP contribution in [-0.4, -0.2) is 27.6 Å². The molecule has 0 aliphatic carbocycles. The number of fused-ring (bicyclic) bond motifs is 1. The summed E-state index contributed by atoms with van der Waals surface area (Å²) in [5, 5.41) is 4.05. The number of anilines is 3. The van der Waals surface area contributed by atoms with Crippen molar-refractivity contribution in [2.24, 2.45) is 0 Å². The fraction of sp³-hybridized carbons (Fsp3) is 0.348. The first kappa shape index (κ1) is 19.0. The topological polar surface area (TPSA) is 63.1 Å². The van der Waals surface area contributed by atoms with Crippen molar-refractivity contribution >= 4 is 28.4 Å². The summed E-state index contributed by atoms with van der Waals surface area (Å²) in [6.45, 7) is 4.16. The summed E-state index contributed by atoms with van der Waals surface area (Å²) >= 11 is 0. The predicted octanol–water partition coefficient (Wildman–Crippen LogP) is 4.11. The molecule has 0 radical (unpaired) electrons. The van der Waals surface area contributed by atoms with E-state index in [0.717, 1.165) is 24.2 Å². The van der Waals surface area contributed by atoms with Gasteiger partial charge in [0.25, 0.3) is 5.56 Å². The maximum absolute atomic E-state index is 12.4. The van der Waals surface area contributed by atoms with Crippen LogP contribution in [0.1, 0.15) is 38.6 Å². The van der Waals surface area contributed by atoms with Crippen LogP contribution < -0.4 is 15.8 Å². The number of hydrogen-bond donors (Lipinski definition) is 1. The molecule has 148 valence electrons. The van der Waals surface area contributed by atoms with E-state index in [0.29, 0.717) is 18.0 Å². The zero-order chi connectivity index (χ0) is 20.2. The summed E-state index contributed by atoms with van der Waals surface area (Å²) in [7, 11) is 0. The van der Waals surface area contributed by atoms with Gasteiger partial charge in [0, 0.05) is 54.6 Å². The van der Waals surface area contributed by atoms with E-state index >= 15 is 0 Å². The SMILES string of the molecule is C#CCC(C)n1c(=O)ccc2cnc(Nc3ccc(N4CCCCC4)cc3)nc21. The van der Waals surface area contributed by atoms with Crippen molar-refractivity contribution in [1.82, 2.24) is 14.5 Å². The van der Waals surface area contributed by atoms with Crippen LogP contribution >= 0.6 is 0 Å². The fourth-order valence-electron chi connectivity index (χ4n) is 3.82. The minimum atomic E-state index is -0.136. The largest absolute Gasteiger partial charge is 0.372 e. The van der Waals surface area contributed by atoms with Crippen molar-refractivity contribution in [2.75, 3.05) is 23.3 Å². The van der Waals surface area contributed by atoms with Crippen LogP contribution in [0.4, 0.5) is 17.3 Å². The monoisotopic (exact) mass is 387 g/mol. The highest BCUT2D eigenvalue weighted by Gasteiger charge is 2.13. The zero-order valence-electron chi connectivity index (χ0n) is 16.6. The van der Waals surface area contributed by atoms with Gasteiger partial charge in [0.2, 0.25) is 5.95 Å². The molecule has 3 aromatic rings. The van der Waals surface area contributed by atoms with E-state index < -0.39 is 0 Å². The van der Waals surface area contributed by atoms with Crippen LogP contribution in [-0.2, 0) is 0 Å². The van der Waals surface area contributed by atoms with E-state index in [1.54, 1.807) is 16.8 Å². The quantitative estimate of drug-likeness (QED) is 0.668. The van der Waals surface area contributed by atoms with Gasteiger partial charge in [-0.1, -0.05) is 0 Å². The van der Waals surface area contributed by atoms with Crippen LogP contribution in [0, 0.1) is 12.3 Å². The van der Waals surface area contributed by atoms with Crippen molar-refractivity contribution in [3.05, 3.63) is 52.9 Å². The second kappa shape index (κ2) is 8.36. The van der Waals surface area contributed by atoms with Gasteiger partial charge in [-0.15, -0.1) is 12.3 Å². The smallest absolute Gasteiger partial charge is 0.252 e. The highest BCUT2D eigenvalue weighted by atomic mass is 16.1. The molecule has 3 heterocycles. The van der Waals surface area contributed by atoms with Gasteiger partial charge in [-0.25, -0.2) is 4.98 Å².